The fraction of sp³-hybridized carbons (Fsp3) is 0.480. The molecule has 0 amide bonds. The van der Waals surface area contributed by atoms with E-state index in [1.54, 1.807) is 26.3 Å². The first-order chi connectivity index (χ1) is 15.0. The number of rotatable bonds is 7. The van der Waals surface area contributed by atoms with Crippen LogP contribution in [-0.2, 0) is 23.1 Å². The van der Waals surface area contributed by atoms with Crippen LogP contribution in [0.1, 0.15) is 66.9 Å². The topological polar surface area (TPSA) is 81.3 Å². The maximum Gasteiger partial charge on any atom is 0.343 e. The highest BCUT2D eigenvalue weighted by Gasteiger charge is 2.43. The van der Waals surface area contributed by atoms with Crippen molar-refractivity contribution >= 4 is 5.97 Å². The molecule has 6 heteroatoms. The smallest absolute Gasteiger partial charge is 0.343 e. The zero-order valence-corrected chi connectivity index (χ0v) is 18.2. The lowest BCUT2D eigenvalue weighted by molar-refractivity contribution is 0.0521. The lowest BCUT2D eigenvalue weighted by Gasteiger charge is -2.49. The number of fused-ring (bicyclic) bond motifs is 4. The summed E-state index contributed by atoms with van der Waals surface area (Å²) in [6, 6.07) is 8.02. The summed E-state index contributed by atoms with van der Waals surface area (Å²) in [5.74, 6) is 0.238. The summed E-state index contributed by atoms with van der Waals surface area (Å²) in [5, 5.41) is 8.78. The van der Waals surface area contributed by atoms with Crippen LogP contribution in [0.2, 0.25) is 0 Å². The second-order valence-corrected chi connectivity index (χ2v) is 8.47. The van der Waals surface area contributed by atoms with Crippen LogP contribution in [0.5, 0.6) is 5.75 Å². The predicted molar refractivity (Wildman–Crippen MR) is 117 cm³/mol. The Morgan fingerprint density at radius 2 is 2.06 bits per heavy atom. The van der Waals surface area contributed by atoms with Crippen LogP contribution in [-0.4, -0.2) is 24.3 Å². The van der Waals surface area contributed by atoms with Gasteiger partial charge < -0.3 is 14.0 Å². The van der Waals surface area contributed by atoms with Gasteiger partial charge in [-0.15, -0.1) is 0 Å². The first kappa shape index (κ1) is 21.2. The molecule has 1 aliphatic heterocycles. The Morgan fingerprint density at radius 1 is 1.26 bits per heavy atom. The molecule has 1 aromatic carbocycles. The number of ether oxygens (including phenoxy) is 2. The lowest BCUT2D eigenvalue weighted by atomic mass is 9.69. The molecule has 0 unspecified atom stereocenters. The number of hydrogen-bond donors (Lipinski definition) is 0. The van der Waals surface area contributed by atoms with Crippen LogP contribution in [0, 0.1) is 11.3 Å². The van der Waals surface area contributed by atoms with E-state index in [0.717, 1.165) is 67.5 Å². The first-order valence-electron chi connectivity index (χ1n) is 11.0. The molecule has 6 nitrogen and oxygen atoms in total. The van der Waals surface area contributed by atoms with Crippen molar-refractivity contribution in [2.24, 2.45) is 0 Å². The Balaban J connectivity index is 1.80. The van der Waals surface area contributed by atoms with E-state index in [2.05, 4.69) is 16.7 Å². The van der Waals surface area contributed by atoms with Crippen molar-refractivity contribution < 1.29 is 14.3 Å². The average molecular weight is 421 g/mol. The molecule has 2 heterocycles. The molecule has 1 aromatic heterocycles. The van der Waals surface area contributed by atoms with Crippen molar-refractivity contribution in [2.45, 2.75) is 63.8 Å². The second kappa shape index (κ2) is 8.58. The van der Waals surface area contributed by atoms with Crippen molar-refractivity contribution in [3.8, 4) is 23.1 Å². The van der Waals surface area contributed by atoms with Gasteiger partial charge in [0.05, 0.1) is 25.5 Å². The number of hydrogen-bond acceptors (Lipinski definition) is 5. The minimum absolute atomic E-state index is 0.0933. The summed E-state index contributed by atoms with van der Waals surface area (Å²) in [6.07, 6.45) is 8.99. The van der Waals surface area contributed by atoms with Gasteiger partial charge in [0, 0.05) is 29.8 Å². The summed E-state index contributed by atoms with van der Waals surface area (Å²) in [6.45, 7) is 1.98. The molecule has 0 bridgehead atoms. The molecule has 4 rings (SSSR count). The zero-order chi connectivity index (χ0) is 22.0. The number of carbonyl (C=O) groups excluding carboxylic acids is 1. The van der Waals surface area contributed by atoms with E-state index in [1.807, 2.05) is 6.07 Å². The Kier molecular flexibility index (Phi) is 5.86. The van der Waals surface area contributed by atoms with Crippen molar-refractivity contribution in [1.82, 2.24) is 4.57 Å². The van der Waals surface area contributed by atoms with Gasteiger partial charge in [0.2, 0.25) is 0 Å². The number of nitriles is 1. The van der Waals surface area contributed by atoms with Gasteiger partial charge in [-0.3, -0.25) is 4.79 Å². The lowest BCUT2D eigenvalue weighted by Crippen LogP contribution is -2.46. The summed E-state index contributed by atoms with van der Waals surface area (Å²) in [4.78, 5) is 25.1. The van der Waals surface area contributed by atoms with Gasteiger partial charge in [-0.2, -0.15) is 5.26 Å². The highest BCUT2D eigenvalue weighted by molar-refractivity contribution is 5.89. The second-order valence-electron chi connectivity index (χ2n) is 8.47. The minimum atomic E-state index is -0.562. The Labute approximate surface area is 182 Å². The molecule has 1 saturated carbocycles. The fourth-order valence-electron chi connectivity index (χ4n) is 4.90. The third-order valence-electron chi connectivity index (χ3n) is 6.63. The van der Waals surface area contributed by atoms with Crippen LogP contribution < -0.4 is 10.2 Å². The van der Waals surface area contributed by atoms with Crippen LogP contribution in [0.25, 0.3) is 11.3 Å². The van der Waals surface area contributed by atoms with E-state index in [9.17, 15) is 9.59 Å². The van der Waals surface area contributed by atoms with E-state index in [1.165, 1.54) is 5.56 Å². The number of unbranched alkanes of at least 4 members (excludes halogenated alkanes) is 2. The maximum atomic E-state index is 12.8. The van der Waals surface area contributed by atoms with E-state index >= 15 is 0 Å². The molecule has 1 spiro atoms. The van der Waals surface area contributed by atoms with Gasteiger partial charge in [0.15, 0.2) is 5.43 Å². The van der Waals surface area contributed by atoms with Gasteiger partial charge in [0.25, 0.3) is 0 Å². The van der Waals surface area contributed by atoms with Gasteiger partial charge >= 0.3 is 5.97 Å². The van der Waals surface area contributed by atoms with Gasteiger partial charge in [-0.25, -0.2) is 4.79 Å². The number of nitrogens with zero attached hydrogens (tertiary/aromatic N) is 2. The van der Waals surface area contributed by atoms with Gasteiger partial charge in [-0.05, 0) is 69.1 Å². The summed E-state index contributed by atoms with van der Waals surface area (Å²) >= 11 is 0. The number of pyridine rings is 1. The van der Waals surface area contributed by atoms with Crippen LogP contribution in [0.15, 0.2) is 29.2 Å². The Morgan fingerprint density at radius 3 is 2.71 bits per heavy atom. The summed E-state index contributed by atoms with van der Waals surface area (Å²) < 4.78 is 12.9. The van der Waals surface area contributed by atoms with Crippen LogP contribution in [0.3, 0.4) is 0 Å². The number of aromatic nitrogens is 1. The molecule has 31 heavy (non-hydrogen) atoms. The fourth-order valence-corrected chi connectivity index (χ4v) is 4.90. The van der Waals surface area contributed by atoms with E-state index in [-0.39, 0.29) is 23.1 Å². The van der Waals surface area contributed by atoms with Crippen molar-refractivity contribution in [2.75, 3.05) is 13.7 Å². The van der Waals surface area contributed by atoms with Crippen LogP contribution in [0.4, 0.5) is 0 Å². The maximum absolute atomic E-state index is 12.8. The van der Waals surface area contributed by atoms with Gasteiger partial charge in [-0.1, -0.05) is 6.07 Å². The number of aryl methyl sites for hydroxylation is 1. The number of esters is 1. The van der Waals surface area contributed by atoms with E-state index in [4.69, 9.17) is 14.7 Å². The minimum Gasteiger partial charge on any atom is -0.496 e. The molecule has 2 aliphatic rings. The predicted octanol–water partition coefficient (Wildman–Crippen LogP) is 4.37. The summed E-state index contributed by atoms with van der Waals surface area (Å²) in [7, 11) is 1.66. The molecule has 1 aliphatic carbocycles. The van der Waals surface area contributed by atoms with E-state index < -0.39 is 5.97 Å². The largest absolute Gasteiger partial charge is 0.496 e. The monoisotopic (exact) mass is 420 g/mol. The number of benzene rings is 1. The van der Waals surface area contributed by atoms with Crippen molar-refractivity contribution in [3.63, 3.8) is 0 Å². The quantitative estimate of drug-likeness (QED) is 0.491. The standard InChI is InChI=1S/C25H28N2O4/c1-3-31-24(29)20-16-27-21(14-22(20)28)19-13-23(30-2)17(8-5-4-6-11-26)12-18(19)15-25(27)9-7-10-25/h12-14,16H,3-10,15H2,1-2H3. The average Bonchev–Trinajstić information content (AvgIpc) is 2.74. The Hall–Kier alpha value is -3.07. The molecule has 0 N–H and O–H groups in total. The van der Waals surface area contributed by atoms with Crippen LogP contribution >= 0.6 is 0 Å². The van der Waals surface area contributed by atoms with Crippen molar-refractivity contribution in [3.05, 3.63) is 51.3 Å². The molecule has 0 saturated heterocycles. The summed E-state index contributed by atoms with van der Waals surface area (Å²) in [5.41, 5.74) is 3.89. The number of carbonyl (C=O) groups is 1. The third kappa shape index (κ3) is 3.74. The molecule has 2 aromatic rings. The normalized spacial score (nSPS) is 15.4. The SMILES string of the molecule is CCOC(=O)c1cn2c(cc1=O)-c1cc(OC)c(CCCCC#N)cc1CC21CCC1. The molecular formula is C25H28N2O4. The zero-order valence-electron chi connectivity index (χ0n) is 18.2. The molecule has 1 fully saturated rings. The molecule has 162 valence electrons. The van der Waals surface area contributed by atoms with Crippen molar-refractivity contribution in [1.29, 1.82) is 5.26 Å². The molecular weight excluding hydrogens is 392 g/mol. The first-order valence-corrected chi connectivity index (χ1v) is 11.0. The number of methoxy groups -OCH3 is 1. The highest BCUT2D eigenvalue weighted by atomic mass is 16.5. The molecule has 0 atom stereocenters. The Bertz CT molecular complexity index is 1110. The van der Waals surface area contributed by atoms with E-state index in [0.29, 0.717) is 6.42 Å². The third-order valence-corrected chi connectivity index (χ3v) is 6.63. The highest BCUT2D eigenvalue weighted by Crippen LogP contribution is 2.49. The molecule has 0 radical (unpaired) electrons. The van der Waals surface area contributed by atoms with Gasteiger partial charge in [0.1, 0.15) is 11.3 Å².